The molecule has 2 nitrogen and oxygen atoms in total. The van der Waals surface area contributed by atoms with E-state index in [1.165, 1.54) is 50.0 Å². The largest absolute Gasteiger partial charge is 0.328 e. The highest BCUT2D eigenvalue weighted by molar-refractivity contribution is 9.10. The molecule has 1 unspecified atom stereocenters. The summed E-state index contributed by atoms with van der Waals surface area (Å²) in [5, 5.41) is 0. The predicted molar refractivity (Wildman–Crippen MR) is 64.2 cm³/mol. The van der Waals surface area contributed by atoms with Gasteiger partial charge in [-0.15, -0.1) is 0 Å². The third kappa shape index (κ3) is 1.47. The van der Waals surface area contributed by atoms with Crippen LogP contribution in [0.15, 0.2) is 4.60 Å². The minimum Gasteiger partial charge on any atom is -0.328 e. The number of hydrogen-bond acceptors (Lipinski definition) is 1. The maximum absolute atomic E-state index is 4.74. The van der Waals surface area contributed by atoms with Crippen molar-refractivity contribution in [2.75, 3.05) is 0 Å². The van der Waals surface area contributed by atoms with Crippen LogP contribution >= 0.6 is 15.9 Å². The van der Waals surface area contributed by atoms with E-state index in [1.807, 2.05) is 0 Å². The van der Waals surface area contributed by atoms with Crippen LogP contribution in [-0.2, 0) is 6.42 Å². The zero-order valence-electron chi connectivity index (χ0n) is 9.17. The van der Waals surface area contributed by atoms with E-state index in [2.05, 4.69) is 27.4 Å². The molecular weight excluding hydrogens is 252 g/mol. The quantitative estimate of drug-likeness (QED) is 0.758. The molecule has 1 fully saturated rings. The van der Waals surface area contributed by atoms with Crippen LogP contribution in [0.25, 0.3) is 0 Å². The fourth-order valence-corrected chi connectivity index (χ4v) is 3.39. The van der Waals surface area contributed by atoms with Crippen LogP contribution in [0, 0.1) is 0 Å². The second-order valence-corrected chi connectivity index (χ2v) is 5.70. The van der Waals surface area contributed by atoms with E-state index >= 15 is 0 Å². The number of rotatable bonds is 1. The topological polar surface area (TPSA) is 17.8 Å². The highest BCUT2D eigenvalue weighted by atomic mass is 79.9. The van der Waals surface area contributed by atoms with E-state index in [-0.39, 0.29) is 0 Å². The van der Waals surface area contributed by atoms with E-state index < -0.39 is 0 Å². The smallest absolute Gasteiger partial charge is 0.127 e. The standard InChI is InChI=1S/C12H17BrN2/c1-8-4-2-7-10-11(13)14-12(15(8)10)9-5-3-6-9/h8-9H,2-7H2,1H3. The van der Waals surface area contributed by atoms with Crippen LogP contribution in [0.5, 0.6) is 0 Å². The second kappa shape index (κ2) is 3.62. The molecule has 1 saturated carbocycles. The lowest BCUT2D eigenvalue weighted by molar-refractivity contribution is 0.350. The molecule has 1 atom stereocenters. The molecule has 2 heterocycles. The van der Waals surface area contributed by atoms with Gasteiger partial charge in [0.1, 0.15) is 10.4 Å². The van der Waals surface area contributed by atoms with Crippen LogP contribution in [0.3, 0.4) is 0 Å². The third-order valence-electron chi connectivity index (χ3n) is 3.94. The Kier molecular flexibility index (Phi) is 2.38. The molecule has 0 N–H and O–H groups in total. The number of hydrogen-bond donors (Lipinski definition) is 0. The number of nitrogens with zero attached hydrogens (tertiary/aromatic N) is 2. The van der Waals surface area contributed by atoms with Crippen LogP contribution in [0.4, 0.5) is 0 Å². The van der Waals surface area contributed by atoms with Crippen molar-refractivity contribution in [2.45, 2.75) is 57.4 Å². The first kappa shape index (κ1) is 9.88. The van der Waals surface area contributed by atoms with Gasteiger partial charge >= 0.3 is 0 Å². The second-order valence-electron chi connectivity index (χ2n) is 4.95. The van der Waals surface area contributed by atoms with Gasteiger partial charge in [0.25, 0.3) is 0 Å². The summed E-state index contributed by atoms with van der Waals surface area (Å²) >= 11 is 3.62. The van der Waals surface area contributed by atoms with Crippen molar-refractivity contribution < 1.29 is 0 Å². The van der Waals surface area contributed by atoms with E-state index in [0.29, 0.717) is 6.04 Å². The molecule has 3 heteroatoms. The van der Waals surface area contributed by atoms with Crippen molar-refractivity contribution >= 4 is 15.9 Å². The van der Waals surface area contributed by atoms with E-state index in [4.69, 9.17) is 4.98 Å². The van der Waals surface area contributed by atoms with Gasteiger partial charge in [0, 0.05) is 12.0 Å². The normalized spacial score (nSPS) is 26.1. The summed E-state index contributed by atoms with van der Waals surface area (Å²) in [5.74, 6) is 2.10. The fourth-order valence-electron chi connectivity index (χ4n) is 2.82. The van der Waals surface area contributed by atoms with Crippen molar-refractivity contribution in [1.29, 1.82) is 0 Å². The van der Waals surface area contributed by atoms with E-state index in [9.17, 15) is 0 Å². The molecule has 82 valence electrons. The minimum absolute atomic E-state index is 0.656. The Labute approximate surface area is 99.2 Å². The molecular formula is C12H17BrN2. The number of aromatic nitrogens is 2. The van der Waals surface area contributed by atoms with Gasteiger partial charge < -0.3 is 4.57 Å². The lowest BCUT2D eigenvalue weighted by Crippen LogP contribution is -2.21. The first-order valence-corrected chi connectivity index (χ1v) is 6.83. The Bertz CT molecular complexity index is 379. The number of fused-ring (bicyclic) bond motifs is 1. The lowest BCUT2D eigenvalue weighted by atomic mass is 9.84. The molecule has 1 aliphatic heterocycles. The van der Waals surface area contributed by atoms with Crippen molar-refractivity contribution in [2.24, 2.45) is 0 Å². The third-order valence-corrected chi connectivity index (χ3v) is 4.57. The summed E-state index contributed by atoms with van der Waals surface area (Å²) in [7, 11) is 0. The lowest BCUT2D eigenvalue weighted by Gasteiger charge is -2.30. The van der Waals surface area contributed by atoms with Crippen molar-refractivity contribution in [1.82, 2.24) is 9.55 Å². The van der Waals surface area contributed by atoms with E-state index in [0.717, 1.165) is 10.5 Å². The van der Waals surface area contributed by atoms with Crippen LogP contribution in [0.2, 0.25) is 0 Å². The molecule has 15 heavy (non-hydrogen) atoms. The number of halogens is 1. The van der Waals surface area contributed by atoms with Crippen LogP contribution in [0.1, 0.15) is 62.5 Å². The van der Waals surface area contributed by atoms with Gasteiger partial charge in [0.2, 0.25) is 0 Å². The zero-order valence-corrected chi connectivity index (χ0v) is 10.8. The molecule has 0 radical (unpaired) electrons. The molecule has 0 bridgehead atoms. The molecule has 1 aliphatic carbocycles. The van der Waals surface area contributed by atoms with Crippen LogP contribution in [-0.4, -0.2) is 9.55 Å². The van der Waals surface area contributed by atoms with Gasteiger partial charge in [-0.3, -0.25) is 0 Å². The Morgan fingerprint density at radius 1 is 1.27 bits per heavy atom. The van der Waals surface area contributed by atoms with Gasteiger partial charge in [0.05, 0.1) is 5.69 Å². The summed E-state index contributed by atoms with van der Waals surface area (Å²) in [6.45, 7) is 2.33. The van der Waals surface area contributed by atoms with Gasteiger partial charge in [-0.1, -0.05) is 6.42 Å². The molecule has 0 amide bonds. The summed E-state index contributed by atoms with van der Waals surface area (Å²) < 4.78 is 3.62. The average molecular weight is 269 g/mol. The highest BCUT2D eigenvalue weighted by Crippen LogP contribution is 2.41. The maximum atomic E-state index is 4.74. The zero-order chi connectivity index (χ0) is 10.4. The minimum atomic E-state index is 0.656. The number of imidazole rings is 1. The maximum Gasteiger partial charge on any atom is 0.127 e. The molecule has 0 spiro atoms. The highest BCUT2D eigenvalue weighted by Gasteiger charge is 2.30. The van der Waals surface area contributed by atoms with Gasteiger partial charge in [0.15, 0.2) is 0 Å². The molecule has 0 saturated heterocycles. The fraction of sp³-hybridized carbons (Fsp3) is 0.750. The Morgan fingerprint density at radius 3 is 2.73 bits per heavy atom. The summed E-state index contributed by atoms with van der Waals surface area (Å²) in [5.41, 5.74) is 1.44. The monoisotopic (exact) mass is 268 g/mol. The molecule has 3 rings (SSSR count). The first-order valence-electron chi connectivity index (χ1n) is 6.04. The summed E-state index contributed by atoms with van der Waals surface area (Å²) in [6, 6.07) is 0.656. The Balaban J connectivity index is 2.06. The first-order chi connectivity index (χ1) is 7.27. The molecule has 2 aliphatic rings. The van der Waals surface area contributed by atoms with E-state index in [1.54, 1.807) is 0 Å². The molecule has 0 aromatic carbocycles. The Hall–Kier alpha value is -0.310. The Morgan fingerprint density at radius 2 is 2.07 bits per heavy atom. The molecule has 1 aromatic heterocycles. The predicted octanol–water partition coefficient (Wildman–Crippen LogP) is 3.81. The SMILES string of the molecule is CC1CCCc2c(Br)nc(C3CCC3)n21. The van der Waals surface area contributed by atoms with Gasteiger partial charge in [-0.25, -0.2) is 4.98 Å². The summed E-state index contributed by atoms with van der Waals surface area (Å²) in [4.78, 5) is 4.74. The van der Waals surface area contributed by atoms with Gasteiger partial charge in [-0.2, -0.15) is 0 Å². The van der Waals surface area contributed by atoms with Gasteiger partial charge in [-0.05, 0) is 55.0 Å². The van der Waals surface area contributed by atoms with Crippen molar-refractivity contribution in [3.05, 3.63) is 16.1 Å². The van der Waals surface area contributed by atoms with Crippen molar-refractivity contribution in [3.63, 3.8) is 0 Å². The molecule has 1 aromatic rings. The van der Waals surface area contributed by atoms with Crippen LogP contribution < -0.4 is 0 Å². The van der Waals surface area contributed by atoms with Crippen molar-refractivity contribution in [3.8, 4) is 0 Å². The average Bonchev–Trinajstić information content (AvgIpc) is 2.43. The summed E-state index contributed by atoms with van der Waals surface area (Å²) in [6.07, 6.45) is 7.90.